The van der Waals surface area contributed by atoms with Crippen molar-refractivity contribution in [3.63, 3.8) is 0 Å². The Balaban J connectivity index is 2.85. The minimum atomic E-state index is -0.295. The van der Waals surface area contributed by atoms with Crippen molar-refractivity contribution in [2.24, 2.45) is 0 Å². The first-order valence-corrected chi connectivity index (χ1v) is 5.68. The molecule has 2 nitrogen and oxygen atoms in total. The van der Waals surface area contributed by atoms with Crippen molar-refractivity contribution in [3.8, 4) is 5.75 Å². The molecular formula is C13H20FNO. The van der Waals surface area contributed by atoms with Gasteiger partial charge in [-0.25, -0.2) is 4.39 Å². The van der Waals surface area contributed by atoms with Crippen LogP contribution in [0.2, 0.25) is 0 Å². The highest BCUT2D eigenvalue weighted by Gasteiger charge is 2.11. The number of nitrogens with one attached hydrogen (secondary N) is 1. The third-order valence-electron chi connectivity index (χ3n) is 2.10. The molecule has 0 amide bonds. The Kier molecular flexibility index (Phi) is 4.74. The Morgan fingerprint density at radius 2 is 1.94 bits per heavy atom. The van der Waals surface area contributed by atoms with Gasteiger partial charge in [-0.15, -0.1) is 0 Å². The van der Waals surface area contributed by atoms with E-state index in [0.717, 1.165) is 5.56 Å². The van der Waals surface area contributed by atoms with Gasteiger partial charge in [0.1, 0.15) is 0 Å². The summed E-state index contributed by atoms with van der Waals surface area (Å²) in [6.45, 7) is 8.53. The lowest BCUT2D eigenvalue weighted by molar-refractivity contribution is 0.228. The second-order valence-electron chi connectivity index (χ2n) is 4.43. The van der Waals surface area contributed by atoms with E-state index in [9.17, 15) is 4.39 Å². The van der Waals surface area contributed by atoms with Gasteiger partial charge in [-0.05, 0) is 19.9 Å². The Hall–Kier alpha value is -1.09. The lowest BCUT2D eigenvalue weighted by Crippen LogP contribution is -2.22. The number of rotatable bonds is 5. The number of para-hydroxylation sites is 1. The van der Waals surface area contributed by atoms with Crippen molar-refractivity contribution in [2.45, 2.75) is 46.4 Å². The third-order valence-corrected chi connectivity index (χ3v) is 2.10. The molecule has 1 N–H and O–H groups in total. The van der Waals surface area contributed by atoms with Gasteiger partial charge in [-0.1, -0.05) is 26.0 Å². The first kappa shape index (κ1) is 13.0. The molecule has 0 atom stereocenters. The molecule has 0 aliphatic rings. The number of benzene rings is 1. The summed E-state index contributed by atoms with van der Waals surface area (Å²) in [6.07, 6.45) is -0.0188. The molecule has 0 radical (unpaired) electrons. The number of hydrogen-bond acceptors (Lipinski definition) is 2. The van der Waals surface area contributed by atoms with Gasteiger partial charge in [0.15, 0.2) is 11.6 Å². The van der Waals surface area contributed by atoms with Crippen molar-refractivity contribution < 1.29 is 9.13 Å². The maximum absolute atomic E-state index is 13.6. The summed E-state index contributed by atoms with van der Waals surface area (Å²) in [4.78, 5) is 0. The van der Waals surface area contributed by atoms with E-state index < -0.39 is 0 Å². The van der Waals surface area contributed by atoms with Gasteiger partial charge in [0.2, 0.25) is 0 Å². The van der Waals surface area contributed by atoms with E-state index >= 15 is 0 Å². The van der Waals surface area contributed by atoms with Gasteiger partial charge >= 0.3 is 0 Å². The molecule has 0 heterocycles. The molecule has 0 spiro atoms. The van der Waals surface area contributed by atoms with Crippen molar-refractivity contribution in [1.29, 1.82) is 0 Å². The molecule has 0 bridgehead atoms. The van der Waals surface area contributed by atoms with E-state index in [-0.39, 0.29) is 11.9 Å². The van der Waals surface area contributed by atoms with Crippen LogP contribution in [0.5, 0.6) is 5.75 Å². The molecule has 90 valence electrons. The molecule has 0 fully saturated rings. The third kappa shape index (κ3) is 3.81. The van der Waals surface area contributed by atoms with Crippen LogP contribution in [-0.2, 0) is 6.54 Å². The van der Waals surface area contributed by atoms with Crippen LogP contribution in [-0.4, -0.2) is 12.1 Å². The maximum Gasteiger partial charge on any atom is 0.165 e. The smallest absolute Gasteiger partial charge is 0.165 e. The maximum atomic E-state index is 13.6. The second kappa shape index (κ2) is 5.85. The number of ether oxygens (including phenoxy) is 1. The summed E-state index contributed by atoms with van der Waals surface area (Å²) in [5, 5.41) is 3.26. The second-order valence-corrected chi connectivity index (χ2v) is 4.43. The lowest BCUT2D eigenvalue weighted by atomic mass is 10.2. The summed E-state index contributed by atoms with van der Waals surface area (Å²) in [7, 11) is 0. The van der Waals surface area contributed by atoms with Gasteiger partial charge in [-0.2, -0.15) is 0 Å². The van der Waals surface area contributed by atoms with E-state index in [0.29, 0.717) is 18.3 Å². The molecule has 0 aliphatic heterocycles. The average molecular weight is 225 g/mol. The van der Waals surface area contributed by atoms with Crippen LogP contribution >= 0.6 is 0 Å². The molecule has 16 heavy (non-hydrogen) atoms. The lowest BCUT2D eigenvalue weighted by Gasteiger charge is -2.16. The highest BCUT2D eigenvalue weighted by atomic mass is 19.1. The Bertz CT molecular complexity index is 337. The van der Waals surface area contributed by atoms with Crippen molar-refractivity contribution in [2.75, 3.05) is 0 Å². The molecule has 0 saturated heterocycles. The van der Waals surface area contributed by atoms with Gasteiger partial charge < -0.3 is 10.1 Å². The first-order chi connectivity index (χ1) is 7.50. The topological polar surface area (TPSA) is 21.3 Å². The van der Waals surface area contributed by atoms with Crippen LogP contribution in [0.1, 0.15) is 33.3 Å². The molecule has 0 aliphatic carbocycles. The first-order valence-electron chi connectivity index (χ1n) is 5.68. The molecule has 0 unspecified atom stereocenters. The zero-order valence-electron chi connectivity index (χ0n) is 10.4. The molecule has 0 aromatic heterocycles. The fourth-order valence-electron chi connectivity index (χ4n) is 1.37. The summed E-state index contributed by atoms with van der Waals surface area (Å²) in [5.41, 5.74) is 0.863. The Morgan fingerprint density at radius 3 is 2.50 bits per heavy atom. The number of hydrogen-bond donors (Lipinski definition) is 1. The SMILES string of the molecule is CC(C)NCc1cccc(F)c1OC(C)C. The Labute approximate surface area is 96.8 Å². The van der Waals surface area contributed by atoms with E-state index in [1.165, 1.54) is 6.07 Å². The molecule has 0 saturated carbocycles. The molecule has 3 heteroatoms. The largest absolute Gasteiger partial charge is 0.488 e. The van der Waals surface area contributed by atoms with Crippen LogP contribution < -0.4 is 10.1 Å². The zero-order valence-corrected chi connectivity index (χ0v) is 10.4. The van der Waals surface area contributed by atoms with Crippen LogP contribution in [0.25, 0.3) is 0 Å². The molecule has 1 aromatic carbocycles. The predicted octanol–water partition coefficient (Wildman–Crippen LogP) is 3.11. The predicted molar refractivity (Wildman–Crippen MR) is 64.1 cm³/mol. The van der Waals surface area contributed by atoms with Gasteiger partial charge in [0.05, 0.1) is 6.10 Å². The fraction of sp³-hybridized carbons (Fsp3) is 0.538. The van der Waals surface area contributed by atoms with Crippen LogP contribution in [0.4, 0.5) is 4.39 Å². The van der Waals surface area contributed by atoms with E-state index in [4.69, 9.17) is 4.74 Å². The average Bonchev–Trinajstić information content (AvgIpc) is 2.18. The molecular weight excluding hydrogens is 205 g/mol. The van der Waals surface area contributed by atoms with Gasteiger partial charge in [0.25, 0.3) is 0 Å². The quantitative estimate of drug-likeness (QED) is 0.831. The summed E-state index contributed by atoms with van der Waals surface area (Å²) < 4.78 is 19.1. The minimum absolute atomic E-state index is 0.0188. The molecule has 1 aromatic rings. The van der Waals surface area contributed by atoms with E-state index in [1.54, 1.807) is 6.07 Å². The fourth-order valence-corrected chi connectivity index (χ4v) is 1.37. The summed E-state index contributed by atoms with van der Waals surface area (Å²) >= 11 is 0. The monoisotopic (exact) mass is 225 g/mol. The highest BCUT2D eigenvalue weighted by Crippen LogP contribution is 2.23. The normalized spacial score (nSPS) is 11.2. The summed E-state index contributed by atoms with van der Waals surface area (Å²) in [5.74, 6) is 0.0717. The zero-order chi connectivity index (χ0) is 12.1. The van der Waals surface area contributed by atoms with Crippen LogP contribution in [0, 0.1) is 5.82 Å². The molecule has 1 rings (SSSR count). The van der Waals surface area contributed by atoms with Crippen molar-refractivity contribution >= 4 is 0 Å². The van der Waals surface area contributed by atoms with Gasteiger partial charge in [0, 0.05) is 18.2 Å². The highest BCUT2D eigenvalue weighted by molar-refractivity contribution is 5.35. The Morgan fingerprint density at radius 1 is 1.25 bits per heavy atom. The van der Waals surface area contributed by atoms with E-state index in [2.05, 4.69) is 19.2 Å². The number of halogens is 1. The van der Waals surface area contributed by atoms with E-state index in [1.807, 2.05) is 19.9 Å². The van der Waals surface area contributed by atoms with Crippen molar-refractivity contribution in [3.05, 3.63) is 29.6 Å². The van der Waals surface area contributed by atoms with Gasteiger partial charge in [-0.3, -0.25) is 0 Å². The van der Waals surface area contributed by atoms with Crippen molar-refractivity contribution in [1.82, 2.24) is 5.32 Å². The van der Waals surface area contributed by atoms with Crippen LogP contribution in [0.3, 0.4) is 0 Å². The standard InChI is InChI=1S/C13H20FNO/c1-9(2)15-8-11-6-5-7-12(14)13(11)16-10(3)4/h5-7,9-10,15H,8H2,1-4H3. The minimum Gasteiger partial charge on any atom is -0.488 e. The summed E-state index contributed by atoms with van der Waals surface area (Å²) in [6, 6.07) is 5.39. The van der Waals surface area contributed by atoms with Crippen LogP contribution in [0.15, 0.2) is 18.2 Å².